The molecule has 0 saturated heterocycles. The molecule has 0 N–H and O–H groups in total. The fourth-order valence-electron chi connectivity index (χ4n) is 6.31. The second-order valence-corrected chi connectivity index (χ2v) is 26.5. The Morgan fingerprint density at radius 1 is 0.833 bits per heavy atom. The summed E-state index contributed by atoms with van der Waals surface area (Å²) < 4.78 is 1.44. The van der Waals surface area contributed by atoms with E-state index in [9.17, 15) is 0 Å². The molecule has 1 atom stereocenters. The van der Waals surface area contributed by atoms with Crippen LogP contribution in [0.5, 0.6) is 0 Å². The Morgan fingerprint density at radius 2 is 1.56 bits per heavy atom. The summed E-state index contributed by atoms with van der Waals surface area (Å²) in [7, 11) is 15.0. The first kappa shape index (κ1) is 24.6. The molecule has 36 heavy (non-hydrogen) atoms. The van der Waals surface area contributed by atoms with E-state index >= 15 is 0 Å². The zero-order valence-electron chi connectivity index (χ0n) is 21.0. The zero-order valence-corrected chi connectivity index (χ0v) is 26.4. The summed E-state index contributed by atoms with van der Waals surface area (Å²) in [6.07, 6.45) is 3.47. The normalized spacial score (nSPS) is 16.7. The predicted molar refractivity (Wildman–Crippen MR) is 158 cm³/mol. The van der Waals surface area contributed by atoms with Gasteiger partial charge in [-0.1, -0.05) is 0 Å². The van der Waals surface area contributed by atoms with Gasteiger partial charge >= 0.3 is 230 Å². The van der Waals surface area contributed by atoms with Crippen molar-refractivity contribution < 1.29 is 17.9 Å². The standard InChI is InChI=1S/C20H21.C12H9Si.2ClH.Zr/c1-14(2)11-16-12-18-10-9-15(3)20(19(18)13-16)17-7-5-4-6-8-17;1-3-7-11-9(5-1)10-6-2-4-8-12(10)13-11;;;/h4-10,12-14H,11H2,1-3H3;1-7H,13H2;2*1H;/q;;;;+2/p-2. The van der Waals surface area contributed by atoms with Gasteiger partial charge in [0.1, 0.15) is 0 Å². The van der Waals surface area contributed by atoms with E-state index in [0.29, 0.717) is 5.92 Å². The first-order valence-electron chi connectivity index (χ1n) is 12.8. The van der Waals surface area contributed by atoms with E-state index in [1.165, 1.54) is 58.2 Å². The summed E-state index contributed by atoms with van der Waals surface area (Å²) in [6.45, 7) is 6.82. The molecule has 0 bridgehead atoms. The van der Waals surface area contributed by atoms with Gasteiger partial charge in [-0.05, 0) is 0 Å². The molecule has 0 amide bonds. The Balaban J connectivity index is 1.53. The molecular weight excluding hydrogens is 575 g/mol. The molecule has 0 radical (unpaired) electrons. The first-order chi connectivity index (χ1) is 17.4. The van der Waals surface area contributed by atoms with Gasteiger partial charge in [0.05, 0.1) is 0 Å². The maximum absolute atomic E-state index is 7.80. The molecule has 1 aliphatic carbocycles. The third-order valence-electron chi connectivity index (χ3n) is 7.78. The van der Waals surface area contributed by atoms with Crippen molar-refractivity contribution in [2.24, 2.45) is 5.92 Å². The summed E-state index contributed by atoms with van der Waals surface area (Å²) in [5, 5.41) is 3.01. The second kappa shape index (κ2) is 9.55. The SMILES string of the molecule is Cc1ccc2c(c1-c1ccccc1)C=C(CC(C)C)[CH]2[Zr]([Cl])([Cl])[c]1cccc2c1[SiH2]c1ccccc1-2. The Bertz CT molecular complexity index is 1500. The van der Waals surface area contributed by atoms with Gasteiger partial charge in [0, 0.05) is 0 Å². The van der Waals surface area contributed by atoms with Gasteiger partial charge in [-0.2, -0.15) is 0 Å². The Hall–Kier alpha value is -1.70. The predicted octanol–water partition coefficient (Wildman–Crippen LogP) is 7.03. The molecule has 4 heteroatoms. The van der Waals surface area contributed by atoms with Crippen LogP contribution in [0.1, 0.15) is 40.6 Å². The molecule has 2 aliphatic rings. The fourth-order valence-corrected chi connectivity index (χ4v) is 23.1. The van der Waals surface area contributed by atoms with Crippen LogP contribution in [0.3, 0.4) is 0 Å². The topological polar surface area (TPSA) is 0 Å². The Morgan fingerprint density at radius 3 is 2.33 bits per heavy atom. The van der Waals surface area contributed by atoms with E-state index in [1.807, 2.05) is 0 Å². The molecule has 180 valence electrons. The van der Waals surface area contributed by atoms with Gasteiger partial charge in [-0.3, -0.25) is 0 Å². The van der Waals surface area contributed by atoms with Crippen molar-refractivity contribution in [3.8, 4) is 22.3 Å². The van der Waals surface area contributed by atoms with E-state index in [1.54, 1.807) is 0 Å². The molecule has 6 rings (SSSR count). The van der Waals surface area contributed by atoms with Crippen LogP contribution in [0.15, 0.2) is 90.5 Å². The number of rotatable bonds is 5. The molecule has 1 aliphatic heterocycles. The summed E-state index contributed by atoms with van der Waals surface area (Å²) in [4.78, 5) is 0. The average Bonchev–Trinajstić information content (AvgIpc) is 3.42. The minimum atomic E-state index is -3.93. The number of hydrogen-bond donors (Lipinski definition) is 0. The van der Waals surface area contributed by atoms with Crippen LogP contribution < -0.4 is 13.6 Å². The molecule has 4 aromatic carbocycles. The summed E-state index contributed by atoms with van der Waals surface area (Å²) >= 11 is -3.93. The third kappa shape index (κ3) is 4.06. The van der Waals surface area contributed by atoms with E-state index < -0.39 is 27.4 Å². The van der Waals surface area contributed by atoms with Crippen LogP contribution in [-0.4, -0.2) is 9.52 Å². The molecule has 1 unspecified atom stereocenters. The quantitative estimate of drug-likeness (QED) is 0.189. The van der Waals surface area contributed by atoms with Crippen molar-refractivity contribution in [3.05, 3.63) is 107 Å². The van der Waals surface area contributed by atoms with E-state index in [0.717, 1.165) is 6.42 Å². The molecule has 0 fully saturated rings. The van der Waals surface area contributed by atoms with E-state index in [4.69, 9.17) is 17.0 Å². The van der Waals surface area contributed by atoms with Gasteiger partial charge in [0.2, 0.25) is 0 Å². The average molecular weight is 605 g/mol. The van der Waals surface area contributed by atoms with Gasteiger partial charge in [0.25, 0.3) is 0 Å². The number of fused-ring (bicyclic) bond motifs is 4. The van der Waals surface area contributed by atoms with Crippen LogP contribution in [0.2, 0.25) is 0 Å². The number of hydrogen-bond acceptors (Lipinski definition) is 0. The van der Waals surface area contributed by atoms with Crippen molar-refractivity contribution in [2.75, 3.05) is 0 Å². The Labute approximate surface area is 228 Å². The number of allylic oxidation sites excluding steroid dienone is 1. The van der Waals surface area contributed by atoms with Crippen LogP contribution in [0.25, 0.3) is 28.3 Å². The minimum absolute atomic E-state index is 0.132. The van der Waals surface area contributed by atoms with Crippen molar-refractivity contribution in [2.45, 2.75) is 30.8 Å². The fraction of sp³-hybridized carbons (Fsp3) is 0.188. The monoisotopic (exact) mass is 602 g/mol. The number of aryl methyl sites for hydroxylation is 1. The van der Waals surface area contributed by atoms with Crippen LogP contribution >= 0.6 is 17.0 Å². The van der Waals surface area contributed by atoms with Crippen molar-refractivity contribution >= 4 is 46.3 Å². The maximum atomic E-state index is 7.80. The van der Waals surface area contributed by atoms with Crippen LogP contribution in [0.4, 0.5) is 0 Å². The van der Waals surface area contributed by atoms with Crippen molar-refractivity contribution in [3.63, 3.8) is 0 Å². The second-order valence-electron chi connectivity index (χ2n) is 10.7. The molecule has 4 aromatic rings. The van der Waals surface area contributed by atoms with Crippen LogP contribution in [0, 0.1) is 12.8 Å². The van der Waals surface area contributed by atoms with Gasteiger partial charge in [-0.15, -0.1) is 0 Å². The molecule has 0 nitrogen and oxygen atoms in total. The zero-order chi connectivity index (χ0) is 25.0. The molecule has 1 heterocycles. The van der Waals surface area contributed by atoms with E-state index in [2.05, 4.69) is 112 Å². The Kier molecular flexibility index (Phi) is 6.54. The van der Waals surface area contributed by atoms with Crippen LogP contribution in [-0.2, 0) is 17.9 Å². The van der Waals surface area contributed by atoms with Crippen molar-refractivity contribution in [1.82, 2.24) is 0 Å². The number of benzene rings is 4. The van der Waals surface area contributed by atoms with Gasteiger partial charge in [-0.25, -0.2) is 0 Å². The number of halogens is 2. The van der Waals surface area contributed by atoms with E-state index in [-0.39, 0.29) is 3.63 Å². The third-order valence-corrected chi connectivity index (χ3v) is 22.1. The summed E-state index contributed by atoms with van der Waals surface area (Å²) in [6, 6.07) is 31.0. The molecule has 0 saturated carbocycles. The first-order valence-corrected chi connectivity index (χ1v) is 23.2. The molecular formula is C32H30Cl2SiZr. The van der Waals surface area contributed by atoms with Gasteiger partial charge in [0.15, 0.2) is 0 Å². The molecule has 0 aromatic heterocycles. The van der Waals surface area contributed by atoms with Crippen molar-refractivity contribution in [1.29, 1.82) is 0 Å². The van der Waals surface area contributed by atoms with Gasteiger partial charge < -0.3 is 0 Å². The molecule has 0 spiro atoms. The summed E-state index contributed by atoms with van der Waals surface area (Å²) in [5.41, 5.74) is 10.8. The summed E-state index contributed by atoms with van der Waals surface area (Å²) in [5.74, 6) is 0.546.